The number of amides is 1. The molecule has 3 aromatic rings. The lowest BCUT2D eigenvalue weighted by molar-refractivity contribution is -0.136. The van der Waals surface area contributed by atoms with E-state index in [2.05, 4.69) is 0 Å². The van der Waals surface area contributed by atoms with E-state index in [0.717, 1.165) is 12.1 Å². The zero-order chi connectivity index (χ0) is 29.9. The number of nitrogens with zero attached hydrogens (tertiary/aromatic N) is 1. The van der Waals surface area contributed by atoms with E-state index in [-0.39, 0.29) is 58.9 Å². The summed E-state index contributed by atoms with van der Waals surface area (Å²) in [5, 5.41) is 0.228. The SMILES string of the molecule is O=C(C1CCS(=O)(=O)C1)N1CC[C@@]2(S(=O)(=O)c3ccc(F)cc3)c3ccc(OCc4c(F)cccc4Cl)cc3CC[C@@H]12. The van der Waals surface area contributed by atoms with Crippen molar-refractivity contribution in [3.63, 3.8) is 0 Å². The molecule has 3 atom stereocenters. The van der Waals surface area contributed by atoms with Crippen LogP contribution in [0.5, 0.6) is 5.75 Å². The molecule has 0 aromatic heterocycles. The fourth-order valence-corrected chi connectivity index (χ4v) is 11.0. The van der Waals surface area contributed by atoms with E-state index in [1.54, 1.807) is 29.2 Å². The normalized spacial score (nSPS) is 24.7. The minimum absolute atomic E-state index is 0.0611. The average Bonchev–Trinajstić information content (AvgIpc) is 3.53. The summed E-state index contributed by atoms with van der Waals surface area (Å²) in [6.45, 7) is 0.0163. The van der Waals surface area contributed by atoms with Crippen LogP contribution in [-0.2, 0) is 42.2 Å². The van der Waals surface area contributed by atoms with Crippen molar-refractivity contribution in [3.05, 3.63) is 94.0 Å². The van der Waals surface area contributed by atoms with Gasteiger partial charge in [-0.3, -0.25) is 4.79 Å². The minimum atomic E-state index is -4.17. The molecule has 6 rings (SSSR count). The Hall–Kier alpha value is -3.02. The number of halogens is 3. The molecule has 2 aliphatic heterocycles. The van der Waals surface area contributed by atoms with Crippen molar-refractivity contribution in [1.82, 2.24) is 4.90 Å². The number of sulfone groups is 2. The van der Waals surface area contributed by atoms with E-state index in [0.29, 0.717) is 29.7 Å². The molecule has 0 saturated carbocycles. The summed E-state index contributed by atoms with van der Waals surface area (Å²) in [6.07, 6.45) is 1.07. The highest BCUT2D eigenvalue weighted by Gasteiger charge is 2.61. The Morgan fingerprint density at radius 3 is 2.52 bits per heavy atom. The lowest BCUT2D eigenvalue weighted by atomic mass is 9.78. The third-order valence-electron chi connectivity index (χ3n) is 8.77. The molecule has 0 spiro atoms. The Morgan fingerprint density at radius 1 is 1.07 bits per heavy atom. The molecule has 1 amide bonds. The van der Waals surface area contributed by atoms with Crippen molar-refractivity contribution in [2.45, 2.75) is 48.0 Å². The summed E-state index contributed by atoms with van der Waals surface area (Å²) >= 11 is 6.13. The van der Waals surface area contributed by atoms with Crippen LogP contribution in [0.1, 0.15) is 36.0 Å². The van der Waals surface area contributed by atoms with Crippen LogP contribution in [0.3, 0.4) is 0 Å². The van der Waals surface area contributed by atoms with Crippen molar-refractivity contribution < 1.29 is 35.1 Å². The van der Waals surface area contributed by atoms with Gasteiger partial charge in [0.1, 0.15) is 28.7 Å². The molecule has 3 aromatic carbocycles. The van der Waals surface area contributed by atoms with E-state index in [1.165, 1.54) is 24.3 Å². The number of benzene rings is 3. The van der Waals surface area contributed by atoms with Gasteiger partial charge in [0, 0.05) is 12.1 Å². The van der Waals surface area contributed by atoms with Crippen LogP contribution < -0.4 is 4.74 Å². The molecule has 2 heterocycles. The number of ether oxygens (including phenoxy) is 1. The number of aryl methyl sites for hydroxylation is 1. The maximum atomic E-state index is 14.5. The van der Waals surface area contributed by atoms with E-state index < -0.39 is 48.0 Å². The number of fused-ring (bicyclic) bond motifs is 3. The van der Waals surface area contributed by atoms with Crippen LogP contribution >= 0.6 is 11.6 Å². The maximum Gasteiger partial charge on any atom is 0.227 e. The van der Waals surface area contributed by atoms with Gasteiger partial charge in [-0.2, -0.15) is 0 Å². The highest BCUT2D eigenvalue weighted by Crippen LogP contribution is 2.53. The molecule has 0 radical (unpaired) electrons. The van der Waals surface area contributed by atoms with Gasteiger partial charge in [-0.15, -0.1) is 0 Å². The molecule has 0 bridgehead atoms. The van der Waals surface area contributed by atoms with Crippen LogP contribution in [-0.4, -0.2) is 51.7 Å². The maximum absolute atomic E-state index is 14.5. The van der Waals surface area contributed by atoms with E-state index in [9.17, 15) is 30.4 Å². The van der Waals surface area contributed by atoms with Crippen LogP contribution in [0.4, 0.5) is 8.78 Å². The second-order valence-electron chi connectivity index (χ2n) is 11.1. The molecule has 2 fully saturated rings. The zero-order valence-electron chi connectivity index (χ0n) is 22.4. The Morgan fingerprint density at radius 2 is 1.83 bits per heavy atom. The number of carbonyl (C=O) groups is 1. The fourth-order valence-electron chi connectivity index (χ4n) is 6.73. The summed E-state index contributed by atoms with van der Waals surface area (Å²) in [5.74, 6) is -2.03. The fraction of sp³-hybridized carbons (Fsp3) is 0.367. The predicted molar refractivity (Wildman–Crippen MR) is 153 cm³/mol. The summed E-state index contributed by atoms with van der Waals surface area (Å²) in [4.78, 5) is 15.1. The van der Waals surface area contributed by atoms with Crippen molar-refractivity contribution in [2.24, 2.45) is 5.92 Å². The molecule has 1 unspecified atom stereocenters. The van der Waals surface area contributed by atoms with Gasteiger partial charge in [0.25, 0.3) is 0 Å². The van der Waals surface area contributed by atoms with Crippen molar-refractivity contribution in [1.29, 1.82) is 0 Å². The highest BCUT2D eigenvalue weighted by molar-refractivity contribution is 7.92. The van der Waals surface area contributed by atoms with Crippen LogP contribution in [0, 0.1) is 17.6 Å². The molecule has 1 aliphatic carbocycles. The molecule has 2 saturated heterocycles. The topological polar surface area (TPSA) is 97.8 Å². The molecule has 222 valence electrons. The molecule has 12 heteroatoms. The second kappa shape index (κ2) is 10.6. The van der Waals surface area contributed by atoms with Crippen LogP contribution in [0.25, 0.3) is 0 Å². The van der Waals surface area contributed by atoms with Gasteiger partial charge in [-0.05, 0) is 85.3 Å². The summed E-state index contributed by atoms with van der Waals surface area (Å²) in [7, 11) is -7.49. The standard InChI is InChI=1S/C30H28ClF2NO6S2/c31-26-2-1-3-27(33)24(26)17-40-22-7-10-25-19(16-22)4-11-28-30(25,42(38,39)23-8-5-21(32)6-9-23)13-14-34(28)29(35)20-12-15-41(36,37)18-20/h1-3,5-10,16,20,28H,4,11-15,17-18H2/t20?,28-,30-/m1/s1. The largest absolute Gasteiger partial charge is 0.489 e. The highest BCUT2D eigenvalue weighted by atomic mass is 35.5. The van der Waals surface area contributed by atoms with E-state index in [4.69, 9.17) is 16.3 Å². The molecule has 0 N–H and O–H groups in total. The Bertz CT molecular complexity index is 1760. The lowest BCUT2D eigenvalue weighted by Crippen LogP contribution is -2.53. The van der Waals surface area contributed by atoms with Gasteiger partial charge < -0.3 is 9.64 Å². The number of rotatable bonds is 6. The van der Waals surface area contributed by atoms with Gasteiger partial charge in [0.15, 0.2) is 19.7 Å². The third kappa shape index (κ3) is 4.79. The predicted octanol–water partition coefficient (Wildman–Crippen LogP) is 4.85. The Balaban J connectivity index is 1.39. The molecular formula is C30H28ClF2NO6S2. The first-order valence-electron chi connectivity index (χ1n) is 13.6. The molecule has 42 heavy (non-hydrogen) atoms. The summed E-state index contributed by atoms with van der Waals surface area (Å²) < 4.78 is 85.6. The average molecular weight is 636 g/mol. The Labute approximate surface area is 248 Å². The van der Waals surface area contributed by atoms with Gasteiger partial charge in [0.05, 0.1) is 33.4 Å². The lowest BCUT2D eigenvalue weighted by Gasteiger charge is -2.43. The van der Waals surface area contributed by atoms with Crippen LogP contribution in [0.2, 0.25) is 5.02 Å². The van der Waals surface area contributed by atoms with Crippen molar-refractivity contribution in [2.75, 3.05) is 18.1 Å². The van der Waals surface area contributed by atoms with Crippen LogP contribution in [0.15, 0.2) is 65.6 Å². The first-order chi connectivity index (χ1) is 19.9. The molecular weight excluding hydrogens is 608 g/mol. The number of likely N-dealkylation sites (tertiary alicyclic amines) is 1. The number of hydrogen-bond donors (Lipinski definition) is 0. The minimum Gasteiger partial charge on any atom is -0.489 e. The summed E-state index contributed by atoms with van der Waals surface area (Å²) in [6, 6.07) is 13.3. The number of hydrogen-bond acceptors (Lipinski definition) is 6. The first-order valence-corrected chi connectivity index (χ1v) is 17.3. The van der Waals surface area contributed by atoms with Gasteiger partial charge in [-0.25, -0.2) is 25.6 Å². The smallest absolute Gasteiger partial charge is 0.227 e. The van der Waals surface area contributed by atoms with Gasteiger partial charge in [0.2, 0.25) is 5.91 Å². The third-order valence-corrected chi connectivity index (χ3v) is 13.4. The van der Waals surface area contributed by atoms with E-state index >= 15 is 0 Å². The van der Waals surface area contributed by atoms with Crippen molar-refractivity contribution in [3.8, 4) is 5.75 Å². The second-order valence-corrected chi connectivity index (χ2v) is 15.9. The Kier molecular flexibility index (Phi) is 7.34. The first kappa shape index (κ1) is 29.1. The monoisotopic (exact) mass is 635 g/mol. The van der Waals surface area contributed by atoms with E-state index in [1.807, 2.05) is 0 Å². The summed E-state index contributed by atoms with van der Waals surface area (Å²) in [5.41, 5.74) is 1.44. The van der Waals surface area contributed by atoms with Crippen molar-refractivity contribution >= 4 is 37.2 Å². The quantitative estimate of drug-likeness (QED) is 0.360. The number of carbonyl (C=O) groups excluding carboxylic acids is 1. The molecule has 3 aliphatic rings. The zero-order valence-corrected chi connectivity index (χ0v) is 24.8. The van der Waals surface area contributed by atoms with Gasteiger partial charge >= 0.3 is 0 Å². The van der Waals surface area contributed by atoms with Gasteiger partial charge in [-0.1, -0.05) is 23.7 Å². The molecule has 7 nitrogen and oxygen atoms in total.